The van der Waals surface area contributed by atoms with E-state index in [0.717, 1.165) is 12.4 Å². The van der Waals surface area contributed by atoms with Crippen LogP contribution in [0.5, 0.6) is 0 Å². The van der Waals surface area contributed by atoms with Gasteiger partial charge >= 0.3 is 0 Å². The first-order valence-corrected chi connectivity index (χ1v) is 6.74. The fourth-order valence-corrected chi connectivity index (χ4v) is 2.01. The number of hydrogen-bond acceptors (Lipinski definition) is 6. The molecule has 1 N–H and O–H groups in total. The summed E-state index contributed by atoms with van der Waals surface area (Å²) in [5.74, 6) is 1.53. The van der Waals surface area contributed by atoms with Gasteiger partial charge in [-0.25, -0.2) is 4.98 Å². The van der Waals surface area contributed by atoms with E-state index in [4.69, 9.17) is 9.47 Å². The number of nitrogens with one attached hydrogen (secondary N) is 1. The van der Waals surface area contributed by atoms with Crippen LogP contribution in [0.1, 0.15) is 13.8 Å². The lowest BCUT2D eigenvalue weighted by Gasteiger charge is -2.20. The van der Waals surface area contributed by atoms with E-state index in [1.807, 2.05) is 20.0 Å². The topological polar surface area (TPSA) is 59.5 Å². The van der Waals surface area contributed by atoms with Gasteiger partial charge in [-0.2, -0.15) is 4.98 Å². The fraction of sp³-hybridized carbons (Fsp3) is 0.692. The molecule has 1 aromatic rings. The molecular weight excluding hydrogens is 244 g/mol. The van der Waals surface area contributed by atoms with Crippen LogP contribution in [0, 0.1) is 0 Å². The molecule has 0 spiro atoms. The average Bonchev–Trinajstić information content (AvgIpc) is 2.86. The van der Waals surface area contributed by atoms with E-state index in [-0.39, 0.29) is 12.1 Å². The molecule has 19 heavy (non-hydrogen) atoms. The van der Waals surface area contributed by atoms with Gasteiger partial charge < -0.3 is 19.7 Å². The van der Waals surface area contributed by atoms with Crippen molar-refractivity contribution in [2.75, 3.05) is 43.6 Å². The Morgan fingerprint density at radius 2 is 2.32 bits per heavy atom. The Labute approximate surface area is 114 Å². The zero-order valence-electron chi connectivity index (χ0n) is 11.8. The molecule has 1 aliphatic heterocycles. The molecule has 2 rings (SSSR count). The Bertz CT molecular complexity index is 402. The standard InChI is InChI=1S/C13H22N4O2/c1-4-17(3)12-6-7-14-13(16-12)15-10-8-18-9-11(10)19-5-2/h6-7,10-11H,4-5,8-9H2,1-3H3,(H,14,15,16)/t10-,11-/m0/s1. The van der Waals surface area contributed by atoms with E-state index in [9.17, 15) is 0 Å². The zero-order valence-corrected chi connectivity index (χ0v) is 11.8. The van der Waals surface area contributed by atoms with Crippen molar-refractivity contribution in [3.05, 3.63) is 12.3 Å². The van der Waals surface area contributed by atoms with E-state index in [1.54, 1.807) is 6.20 Å². The van der Waals surface area contributed by atoms with Crippen LogP contribution in [0.15, 0.2) is 12.3 Å². The van der Waals surface area contributed by atoms with Gasteiger partial charge in [0.2, 0.25) is 5.95 Å². The van der Waals surface area contributed by atoms with Crippen LogP contribution in [0.3, 0.4) is 0 Å². The number of aromatic nitrogens is 2. The van der Waals surface area contributed by atoms with Gasteiger partial charge in [0.15, 0.2) is 0 Å². The first kappa shape index (κ1) is 14.0. The highest BCUT2D eigenvalue weighted by Crippen LogP contribution is 2.16. The molecule has 1 saturated heterocycles. The molecule has 6 nitrogen and oxygen atoms in total. The number of nitrogens with zero attached hydrogens (tertiary/aromatic N) is 3. The Hall–Kier alpha value is -1.40. The van der Waals surface area contributed by atoms with Gasteiger partial charge in [0.1, 0.15) is 11.9 Å². The van der Waals surface area contributed by atoms with Crippen molar-refractivity contribution >= 4 is 11.8 Å². The van der Waals surface area contributed by atoms with Crippen molar-refractivity contribution in [2.45, 2.75) is 26.0 Å². The van der Waals surface area contributed by atoms with Gasteiger partial charge in [-0.15, -0.1) is 0 Å². The SMILES string of the molecule is CCO[C@H]1COC[C@@H]1Nc1nccc(N(C)CC)n1. The molecule has 2 atom stereocenters. The number of ether oxygens (including phenoxy) is 2. The summed E-state index contributed by atoms with van der Waals surface area (Å²) in [6, 6.07) is 2.02. The van der Waals surface area contributed by atoms with E-state index < -0.39 is 0 Å². The van der Waals surface area contributed by atoms with Gasteiger partial charge in [-0.1, -0.05) is 0 Å². The fourth-order valence-electron chi connectivity index (χ4n) is 2.01. The number of hydrogen-bond donors (Lipinski definition) is 1. The minimum Gasteiger partial charge on any atom is -0.376 e. The second kappa shape index (κ2) is 6.68. The normalized spacial score (nSPS) is 22.5. The Kier molecular flexibility index (Phi) is 4.93. The highest BCUT2D eigenvalue weighted by Gasteiger charge is 2.29. The van der Waals surface area contributed by atoms with Crippen molar-refractivity contribution in [1.29, 1.82) is 0 Å². The van der Waals surface area contributed by atoms with Crippen LogP contribution in [0.25, 0.3) is 0 Å². The quantitative estimate of drug-likeness (QED) is 0.833. The molecule has 0 aliphatic carbocycles. The van der Waals surface area contributed by atoms with Gasteiger partial charge in [0, 0.05) is 26.4 Å². The molecule has 0 saturated carbocycles. The summed E-state index contributed by atoms with van der Waals surface area (Å²) in [5.41, 5.74) is 0. The molecule has 6 heteroatoms. The average molecular weight is 266 g/mol. The molecule has 106 valence electrons. The summed E-state index contributed by atoms with van der Waals surface area (Å²) in [6.07, 6.45) is 1.84. The van der Waals surface area contributed by atoms with Crippen molar-refractivity contribution in [2.24, 2.45) is 0 Å². The molecule has 0 unspecified atom stereocenters. The summed E-state index contributed by atoms with van der Waals surface area (Å²) in [4.78, 5) is 10.8. The maximum atomic E-state index is 5.63. The van der Waals surface area contributed by atoms with E-state index >= 15 is 0 Å². The highest BCUT2D eigenvalue weighted by atomic mass is 16.5. The van der Waals surface area contributed by atoms with Crippen LogP contribution < -0.4 is 10.2 Å². The summed E-state index contributed by atoms with van der Waals surface area (Å²) in [7, 11) is 2.01. The minimum absolute atomic E-state index is 0.0705. The van der Waals surface area contributed by atoms with Gasteiger partial charge in [-0.05, 0) is 19.9 Å². The zero-order chi connectivity index (χ0) is 13.7. The van der Waals surface area contributed by atoms with Crippen LogP contribution in [-0.4, -0.2) is 55.5 Å². The predicted molar refractivity (Wildman–Crippen MR) is 74.6 cm³/mol. The molecule has 0 amide bonds. The van der Waals surface area contributed by atoms with Crippen LogP contribution >= 0.6 is 0 Å². The lowest BCUT2D eigenvalue weighted by molar-refractivity contribution is 0.0477. The third kappa shape index (κ3) is 3.54. The Balaban J connectivity index is 2.02. The monoisotopic (exact) mass is 266 g/mol. The Morgan fingerprint density at radius 1 is 1.47 bits per heavy atom. The molecule has 0 aromatic carbocycles. The molecule has 0 radical (unpaired) electrons. The second-order valence-electron chi connectivity index (χ2n) is 4.53. The summed E-state index contributed by atoms with van der Waals surface area (Å²) in [6.45, 7) is 6.92. The van der Waals surface area contributed by atoms with Gasteiger partial charge in [0.05, 0.1) is 19.3 Å². The van der Waals surface area contributed by atoms with Crippen molar-refractivity contribution < 1.29 is 9.47 Å². The first-order chi connectivity index (χ1) is 9.24. The largest absolute Gasteiger partial charge is 0.376 e. The lowest BCUT2D eigenvalue weighted by Crippen LogP contribution is -2.35. The van der Waals surface area contributed by atoms with E-state index in [1.165, 1.54) is 0 Å². The third-order valence-electron chi connectivity index (χ3n) is 3.23. The number of anilines is 2. The van der Waals surface area contributed by atoms with Gasteiger partial charge in [0.25, 0.3) is 0 Å². The second-order valence-corrected chi connectivity index (χ2v) is 4.53. The van der Waals surface area contributed by atoms with Crippen LogP contribution in [0.2, 0.25) is 0 Å². The molecule has 2 heterocycles. The summed E-state index contributed by atoms with van der Waals surface area (Å²) >= 11 is 0. The first-order valence-electron chi connectivity index (χ1n) is 6.74. The number of rotatable bonds is 6. The van der Waals surface area contributed by atoms with Crippen molar-refractivity contribution in [3.63, 3.8) is 0 Å². The smallest absolute Gasteiger partial charge is 0.224 e. The summed E-state index contributed by atoms with van der Waals surface area (Å²) < 4.78 is 11.1. The van der Waals surface area contributed by atoms with Crippen molar-refractivity contribution in [1.82, 2.24) is 9.97 Å². The maximum Gasteiger partial charge on any atom is 0.224 e. The van der Waals surface area contributed by atoms with Crippen molar-refractivity contribution in [3.8, 4) is 0 Å². The molecule has 1 fully saturated rings. The van der Waals surface area contributed by atoms with E-state index in [0.29, 0.717) is 25.8 Å². The molecular formula is C13H22N4O2. The van der Waals surface area contributed by atoms with E-state index in [2.05, 4.69) is 27.1 Å². The molecule has 0 bridgehead atoms. The predicted octanol–water partition coefficient (Wildman–Crippen LogP) is 1.15. The minimum atomic E-state index is 0.0705. The lowest BCUT2D eigenvalue weighted by atomic mass is 10.2. The molecule has 1 aromatic heterocycles. The Morgan fingerprint density at radius 3 is 3.05 bits per heavy atom. The maximum absolute atomic E-state index is 5.63. The van der Waals surface area contributed by atoms with Gasteiger partial charge in [-0.3, -0.25) is 0 Å². The van der Waals surface area contributed by atoms with Crippen LogP contribution in [0.4, 0.5) is 11.8 Å². The highest BCUT2D eigenvalue weighted by molar-refractivity contribution is 5.42. The third-order valence-corrected chi connectivity index (χ3v) is 3.23. The summed E-state index contributed by atoms with van der Waals surface area (Å²) in [5, 5.41) is 3.30. The molecule has 1 aliphatic rings. The van der Waals surface area contributed by atoms with Crippen LogP contribution in [-0.2, 0) is 9.47 Å².